The second-order valence-corrected chi connectivity index (χ2v) is 9.09. The smallest absolute Gasteiger partial charge is 0.0793 e. The Hall–Kier alpha value is -0.160. The standard InChI is InChI=1S/C19H39N3O/c1-17-5-8-21(9-6-17)15-18(23)16-22-13-11-20(12-14-22)10-7-19(2,3)4/h17-18,23H,5-16H2,1-4H3. The SMILES string of the molecule is CC1CCN(CC(O)CN2CCN(CCC(C)(C)C)CC2)CC1. The van der Waals surface area contributed by atoms with Crippen LogP contribution in [0.15, 0.2) is 0 Å². The molecule has 1 N–H and O–H groups in total. The van der Waals surface area contributed by atoms with Gasteiger partial charge in [0.1, 0.15) is 0 Å². The largest absolute Gasteiger partial charge is 0.390 e. The molecule has 1 atom stereocenters. The Kier molecular flexibility index (Phi) is 7.33. The fourth-order valence-electron chi connectivity index (χ4n) is 3.59. The minimum Gasteiger partial charge on any atom is -0.390 e. The number of piperazine rings is 1. The summed E-state index contributed by atoms with van der Waals surface area (Å²) in [7, 11) is 0. The first kappa shape index (κ1) is 19.2. The van der Waals surface area contributed by atoms with Crippen LogP contribution in [0.25, 0.3) is 0 Å². The van der Waals surface area contributed by atoms with Crippen LogP contribution >= 0.6 is 0 Å². The van der Waals surface area contributed by atoms with E-state index in [1.165, 1.54) is 38.9 Å². The zero-order valence-electron chi connectivity index (χ0n) is 15.9. The second-order valence-electron chi connectivity index (χ2n) is 9.09. The Morgan fingerprint density at radius 1 is 0.870 bits per heavy atom. The zero-order chi connectivity index (χ0) is 16.9. The molecule has 23 heavy (non-hydrogen) atoms. The number of aliphatic hydroxyl groups excluding tert-OH is 1. The van der Waals surface area contributed by atoms with Gasteiger partial charge in [-0.15, -0.1) is 0 Å². The number of aliphatic hydroxyl groups is 1. The second kappa shape index (κ2) is 8.80. The molecule has 0 aliphatic carbocycles. The molecule has 2 fully saturated rings. The van der Waals surface area contributed by atoms with E-state index >= 15 is 0 Å². The molecule has 4 nitrogen and oxygen atoms in total. The maximum atomic E-state index is 10.4. The van der Waals surface area contributed by atoms with E-state index in [1.54, 1.807) is 0 Å². The first-order chi connectivity index (χ1) is 10.8. The highest BCUT2D eigenvalue weighted by Crippen LogP contribution is 2.19. The number of hydrogen-bond acceptors (Lipinski definition) is 4. The summed E-state index contributed by atoms with van der Waals surface area (Å²) in [5.41, 5.74) is 0.430. The molecule has 2 aliphatic heterocycles. The Bertz CT molecular complexity index is 326. The number of likely N-dealkylation sites (tertiary alicyclic amines) is 1. The molecule has 2 rings (SSSR count). The van der Waals surface area contributed by atoms with E-state index in [4.69, 9.17) is 0 Å². The third-order valence-corrected chi connectivity index (χ3v) is 5.46. The Morgan fingerprint density at radius 3 is 1.87 bits per heavy atom. The summed E-state index contributed by atoms with van der Waals surface area (Å²) in [6.45, 7) is 19.1. The summed E-state index contributed by atoms with van der Waals surface area (Å²) < 4.78 is 0. The van der Waals surface area contributed by atoms with Crippen LogP contribution in [-0.2, 0) is 0 Å². The number of hydrogen-bond donors (Lipinski definition) is 1. The predicted molar refractivity (Wildman–Crippen MR) is 97.8 cm³/mol. The van der Waals surface area contributed by atoms with E-state index in [-0.39, 0.29) is 6.10 Å². The summed E-state index contributed by atoms with van der Waals surface area (Å²) in [5.74, 6) is 0.865. The first-order valence-electron chi connectivity index (χ1n) is 9.67. The van der Waals surface area contributed by atoms with Gasteiger partial charge in [0.15, 0.2) is 0 Å². The van der Waals surface area contributed by atoms with E-state index < -0.39 is 0 Å². The van der Waals surface area contributed by atoms with Crippen LogP contribution in [-0.4, -0.2) is 84.8 Å². The topological polar surface area (TPSA) is 30.0 Å². The molecule has 0 radical (unpaired) electrons. The molecule has 0 aromatic heterocycles. The maximum Gasteiger partial charge on any atom is 0.0793 e. The number of piperidine rings is 1. The number of nitrogens with zero attached hydrogens (tertiary/aromatic N) is 3. The third-order valence-electron chi connectivity index (χ3n) is 5.46. The average Bonchev–Trinajstić information content (AvgIpc) is 2.48. The van der Waals surface area contributed by atoms with Gasteiger partial charge >= 0.3 is 0 Å². The Morgan fingerprint density at radius 2 is 1.35 bits per heavy atom. The molecule has 0 aromatic carbocycles. The lowest BCUT2D eigenvalue weighted by atomic mass is 9.92. The van der Waals surface area contributed by atoms with Crippen LogP contribution < -0.4 is 0 Å². The molecular weight excluding hydrogens is 286 g/mol. The zero-order valence-corrected chi connectivity index (χ0v) is 15.9. The van der Waals surface area contributed by atoms with Crippen LogP contribution in [0, 0.1) is 11.3 Å². The number of rotatable bonds is 6. The fourth-order valence-corrected chi connectivity index (χ4v) is 3.59. The monoisotopic (exact) mass is 325 g/mol. The first-order valence-corrected chi connectivity index (χ1v) is 9.67. The quantitative estimate of drug-likeness (QED) is 0.810. The molecule has 2 saturated heterocycles. The van der Waals surface area contributed by atoms with Gasteiger partial charge in [-0.05, 0) is 50.2 Å². The van der Waals surface area contributed by atoms with Gasteiger partial charge < -0.3 is 14.9 Å². The summed E-state index contributed by atoms with van der Waals surface area (Å²) in [6, 6.07) is 0. The molecule has 136 valence electrons. The van der Waals surface area contributed by atoms with Crippen molar-refractivity contribution < 1.29 is 5.11 Å². The van der Waals surface area contributed by atoms with Crippen molar-refractivity contribution in [1.29, 1.82) is 0 Å². The molecule has 0 bridgehead atoms. The van der Waals surface area contributed by atoms with Gasteiger partial charge in [-0.3, -0.25) is 4.90 Å². The van der Waals surface area contributed by atoms with Crippen molar-refractivity contribution in [2.45, 2.75) is 53.1 Å². The predicted octanol–water partition coefficient (Wildman–Crippen LogP) is 2.13. The minimum absolute atomic E-state index is 0.190. The van der Waals surface area contributed by atoms with E-state index in [2.05, 4.69) is 42.4 Å². The molecule has 2 heterocycles. The van der Waals surface area contributed by atoms with Crippen molar-refractivity contribution in [2.75, 3.05) is 58.9 Å². The Labute approximate surface area is 143 Å². The van der Waals surface area contributed by atoms with Crippen molar-refractivity contribution in [3.05, 3.63) is 0 Å². The highest BCUT2D eigenvalue weighted by molar-refractivity contribution is 4.78. The third kappa shape index (κ3) is 7.51. The lowest BCUT2D eigenvalue weighted by Crippen LogP contribution is -2.50. The van der Waals surface area contributed by atoms with Crippen molar-refractivity contribution in [3.8, 4) is 0 Å². The highest BCUT2D eigenvalue weighted by atomic mass is 16.3. The summed E-state index contributed by atoms with van der Waals surface area (Å²) >= 11 is 0. The summed E-state index contributed by atoms with van der Waals surface area (Å²) in [6.07, 6.45) is 3.66. The van der Waals surface area contributed by atoms with E-state index in [0.29, 0.717) is 5.41 Å². The van der Waals surface area contributed by atoms with Gasteiger partial charge in [0, 0.05) is 39.3 Å². The Balaban J connectivity index is 1.60. The van der Waals surface area contributed by atoms with Crippen molar-refractivity contribution >= 4 is 0 Å². The van der Waals surface area contributed by atoms with E-state index in [0.717, 1.165) is 45.2 Å². The number of β-amino-alcohol motifs (C(OH)–C–C–N with tert-alkyl or cyclic N) is 1. The highest BCUT2D eigenvalue weighted by Gasteiger charge is 2.23. The lowest BCUT2D eigenvalue weighted by molar-refractivity contribution is 0.0412. The summed E-state index contributed by atoms with van der Waals surface area (Å²) in [5, 5.41) is 10.4. The van der Waals surface area contributed by atoms with Crippen molar-refractivity contribution in [2.24, 2.45) is 11.3 Å². The van der Waals surface area contributed by atoms with Crippen LogP contribution in [0.3, 0.4) is 0 Å². The summed E-state index contributed by atoms with van der Waals surface area (Å²) in [4.78, 5) is 7.48. The molecule has 0 saturated carbocycles. The lowest BCUT2D eigenvalue weighted by Gasteiger charge is -2.38. The van der Waals surface area contributed by atoms with Gasteiger partial charge in [0.25, 0.3) is 0 Å². The van der Waals surface area contributed by atoms with Crippen molar-refractivity contribution in [1.82, 2.24) is 14.7 Å². The van der Waals surface area contributed by atoms with Gasteiger partial charge in [-0.2, -0.15) is 0 Å². The van der Waals surface area contributed by atoms with Crippen LogP contribution in [0.5, 0.6) is 0 Å². The van der Waals surface area contributed by atoms with Crippen LogP contribution in [0.1, 0.15) is 47.0 Å². The van der Waals surface area contributed by atoms with E-state index in [1.807, 2.05) is 0 Å². The van der Waals surface area contributed by atoms with Crippen molar-refractivity contribution in [3.63, 3.8) is 0 Å². The molecule has 0 amide bonds. The average molecular weight is 326 g/mol. The molecule has 1 unspecified atom stereocenters. The van der Waals surface area contributed by atoms with Gasteiger partial charge in [0.2, 0.25) is 0 Å². The van der Waals surface area contributed by atoms with E-state index in [9.17, 15) is 5.11 Å². The molecule has 2 aliphatic rings. The van der Waals surface area contributed by atoms with Crippen LogP contribution in [0.2, 0.25) is 0 Å². The molecular formula is C19H39N3O. The van der Waals surface area contributed by atoms with Gasteiger partial charge in [-0.25, -0.2) is 0 Å². The van der Waals surface area contributed by atoms with Gasteiger partial charge in [0.05, 0.1) is 6.10 Å². The molecule has 4 heteroatoms. The molecule has 0 spiro atoms. The fraction of sp³-hybridized carbons (Fsp3) is 1.00. The molecule has 0 aromatic rings. The van der Waals surface area contributed by atoms with Crippen LogP contribution in [0.4, 0.5) is 0 Å². The normalized spacial score (nSPS) is 24.9. The minimum atomic E-state index is -0.190. The maximum absolute atomic E-state index is 10.4. The van der Waals surface area contributed by atoms with Gasteiger partial charge in [-0.1, -0.05) is 27.7 Å².